The molecule has 2 rings (SSSR count). The largest absolute Gasteiger partial charge is 0.469 e. The molecule has 86 valence electrons. The molecule has 0 N–H and O–H groups in total. The van der Waals surface area contributed by atoms with Crippen LogP contribution in [0.1, 0.15) is 38.0 Å². The van der Waals surface area contributed by atoms with Crippen LogP contribution in [0.2, 0.25) is 0 Å². The molecule has 0 bridgehead atoms. The Morgan fingerprint density at radius 3 is 3.06 bits per heavy atom. The van der Waals surface area contributed by atoms with E-state index in [9.17, 15) is 4.79 Å². The van der Waals surface area contributed by atoms with Crippen LogP contribution >= 0.6 is 0 Å². The number of fused-ring (bicyclic) bond motifs is 1. The highest BCUT2D eigenvalue weighted by Crippen LogP contribution is 2.33. The van der Waals surface area contributed by atoms with Crippen LogP contribution < -0.4 is 0 Å². The highest BCUT2D eigenvalue weighted by Gasteiger charge is 2.21. The Labute approximate surface area is 95.1 Å². The van der Waals surface area contributed by atoms with Crippen molar-refractivity contribution in [1.82, 2.24) is 0 Å². The van der Waals surface area contributed by atoms with E-state index in [1.165, 1.54) is 0 Å². The lowest BCUT2D eigenvalue weighted by Gasteiger charge is -2.16. The molecular weight excluding hydrogens is 204 g/mol. The smallest absolute Gasteiger partial charge is 0.334 e. The molecule has 0 aliphatic heterocycles. The van der Waals surface area contributed by atoms with E-state index in [0.29, 0.717) is 12.2 Å². The second kappa shape index (κ2) is 4.56. The number of esters is 1. The third-order valence-electron chi connectivity index (χ3n) is 2.94. The van der Waals surface area contributed by atoms with Gasteiger partial charge in [0.25, 0.3) is 0 Å². The maximum atomic E-state index is 11.7. The van der Waals surface area contributed by atoms with E-state index < -0.39 is 0 Å². The molecule has 0 aromatic carbocycles. The number of furan rings is 1. The lowest BCUT2D eigenvalue weighted by Crippen LogP contribution is -2.10. The summed E-state index contributed by atoms with van der Waals surface area (Å²) in [6, 6.07) is 1.94. The zero-order chi connectivity index (χ0) is 11.5. The van der Waals surface area contributed by atoms with E-state index in [1.807, 2.05) is 19.9 Å². The third-order valence-corrected chi connectivity index (χ3v) is 2.94. The van der Waals surface area contributed by atoms with Crippen LogP contribution in [-0.2, 0) is 16.0 Å². The number of hydrogen-bond donors (Lipinski definition) is 0. The predicted molar refractivity (Wildman–Crippen MR) is 60.9 cm³/mol. The standard InChI is InChI=1S/C13H16O3/c1-3-15-13(14)9(2)10-5-4-6-12-11(10)7-8-16-12/h7-8H,3-6H2,1-2H3/b10-9-. The van der Waals surface area contributed by atoms with Crippen LogP contribution in [0.25, 0.3) is 5.57 Å². The number of carbonyl (C=O) groups is 1. The van der Waals surface area contributed by atoms with Crippen LogP contribution in [0.15, 0.2) is 22.3 Å². The fourth-order valence-electron chi connectivity index (χ4n) is 2.12. The van der Waals surface area contributed by atoms with Gasteiger partial charge in [-0.05, 0) is 38.3 Å². The van der Waals surface area contributed by atoms with Crippen LogP contribution in [0.4, 0.5) is 0 Å². The summed E-state index contributed by atoms with van der Waals surface area (Å²) in [5, 5.41) is 0. The second-order valence-electron chi connectivity index (χ2n) is 3.94. The van der Waals surface area contributed by atoms with Crippen LogP contribution in [0.5, 0.6) is 0 Å². The lowest BCUT2D eigenvalue weighted by atomic mass is 9.90. The van der Waals surface area contributed by atoms with E-state index in [4.69, 9.17) is 9.15 Å². The maximum absolute atomic E-state index is 11.7. The van der Waals surface area contributed by atoms with E-state index in [-0.39, 0.29) is 5.97 Å². The molecule has 0 fully saturated rings. The van der Waals surface area contributed by atoms with Gasteiger partial charge in [-0.3, -0.25) is 0 Å². The summed E-state index contributed by atoms with van der Waals surface area (Å²) in [6.07, 6.45) is 4.61. The number of aryl methyl sites for hydroxylation is 1. The Morgan fingerprint density at radius 1 is 1.50 bits per heavy atom. The summed E-state index contributed by atoms with van der Waals surface area (Å²) < 4.78 is 10.4. The molecule has 0 saturated heterocycles. The molecule has 0 atom stereocenters. The molecule has 0 spiro atoms. The Kier molecular flexibility index (Phi) is 3.13. The summed E-state index contributed by atoms with van der Waals surface area (Å²) in [7, 11) is 0. The normalized spacial score (nSPS) is 17.9. The van der Waals surface area contributed by atoms with Gasteiger partial charge in [0.15, 0.2) is 0 Å². The molecule has 1 aromatic rings. The third kappa shape index (κ3) is 1.90. The molecule has 0 radical (unpaired) electrons. The molecule has 1 aromatic heterocycles. The Balaban J connectivity index is 2.35. The molecule has 1 aliphatic carbocycles. The van der Waals surface area contributed by atoms with E-state index in [2.05, 4.69) is 0 Å². The molecule has 1 aliphatic rings. The molecule has 3 nitrogen and oxygen atoms in total. The van der Waals surface area contributed by atoms with Crippen molar-refractivity contribution in [2.45, 2.75) is 33.1 Å². The minimum atomic E-state index is -0.216. The van der Waals surface area contributed by atoms with Gasteiger partial charge in [-0.15, -0.1) is 0 Å². The van der Waals surface area contributed by atoms with Gasteiger partial charge in [-0.1, -0.05) is 0 Å². The molecule has 0 amide bonds. The highest BCUT2D eigenvalue weighted by molar-refractivity contribution is 5.97. The van der Waals surface area contributed by atoms with Crippen molar-refractivity contribution in [3.8, 4) is 0 Å². The highest BCUT2D eigenvalue weighted by atomic mass is 16.5. The van der Waals surface area contributed by atoms with Gasteiger partial charge in [0.1, 0.15) is 5.76 Å². The number of carbonyl (C=O) groups excluding carboxylic acids is 1. The SMILES string of the molecule is CCOC(=O)/C(C)=C1/CCCc2occc21. The summed E-state index contributed by atoms with van der Waals surface area (Å²) in [4.78, 5) is 11.7. The predicted octanol–water partition coefficient (Wildman–Crippen LogP) is 2.95. The average molecular weight is 220 g/mol. The maximum Gasteiger partial charge on any atom is 0.334 e. The first-order valence-corrected chi connectivity index (χ1v) is 5.67. The number of ether oxygens (including phenoxy) is 1. The van der Waals surface area contributed by atoms with Crippen molar-refractivity contribution in [1.29, 1.82) is 0 Å². The van der Waals surface area contributed by atoms with Crippen molar-refractivity contribution in [3.63, 3.8) is 0 Å². The summed E-state index contributed by atoms with van der Waals surface area (Å²) in [5.41, 5.74) is 2.87. The van der Waals surface area contributed by atoms with Crippen molar-refractivity contribution in [2.24, 2.45) is 0 Å². The zero-order valence-electron chi connectivity index (χ0n) is 9.71. The molecule has 0 unspecified atom stereocenters. The Morgan fingerprint density at radius 2 is 2.31 bits per heavy atom. The van der Waals surface area contributed by atoms with Crippen molar-refractivity contribution < 1.29 is 13.9 Å². The topological polar surface area (TPSA) is 39.4 Å². The Bertz CT molecular complexity index is 426. The number of rotatable bonds is 2. The number of allylic oxidation sites excluding steroid dienone is 1. The van der Waals surface area contributed by atoms with Crippen molar-refractivity contribution >= 4 is 11.5 Å². The van der Waals surface area contributed by atoms with Crippen LogP contribution in [0, 0.1) is 0 Å². The van der Waals surface area contributed by atoms with Gasteiger partial charge in [-0.25, -0.2) is 4.79 Å². The van der Waals surface area contributed by atoms with Crippen LogP contribution in [0.3, 0.4) is 0 Å². The summed E-state index contributed by atoms with van der Waals surface area (Å²) in [5.74, 6) is 0.774. The van der Waals surface area contributed by atoms with E-state index in [0.717, 1.165) is 36.2 Å². The molecule has 0 saturated carbocycles. The van der Waals surface area contributed by atoms with E-state index in [1.54, 1.807) is 6.26 Å². The Hall–Kier alpha value is -1.51. The van der Waals surface area contributed by atoms with Gasteiger partial charge in [0.2, 0.25) is 0 Å². The fourth-order valence-corrected chi connectivity index (χ4v) is 2.12. The van der Waals surface area contributed by atoms with Gasteiger partial charge in [0, 0.05) is 17.6 Å². The average Bonchev–Trinajstić information content (AvgIpc) is 2.76. The molecule has 3 heteroatoms. The minimum absolute atomic E-state index is 0.216. The molecule has 1 heterocycles. The first-order valence-electron chi connectivity index (χ1n) is 5.67. The first-order chi connectivity index (χ1) is 7.74. The fraction of sp³-hybridized carbons (Fsp3) is 0.462. The van der Waals surface area contributed by atoms with Crippen molar-refractivity contribution in [3.05, 3.63) is 29.2 Å². The molecular formula is C13H16O3. The van der Waals surface area contributed by atoms with Gasteiger partial charge in [0.05, 0.1) is 12.9 Å². The minimum Gasteiger partial charge on any atom is -0.469 e. The summed E-state index contributed by atoms with van der Waals surface area (Å²) >= 11 is 0. The van der Waals surface area contributed by atoms with Gasteiger partial charge >= 0.3 is 5.97 Å². The van der Waals surface area contributed by atoms with E-state index >= 15 is 0 Å². The monoisotopic (exact) mass is 220 g/mol. The van der Waals surface area contributed by atoms with Gasteiger partial charge < -0.3 is 9.15 Å². The zero-order valence-corrected chi connectivity index (χ0v) is 9.71. The molecule has 16 heavy (non-hydrogen) atoms. The first kappa shape index (κ1) is 11.0. The van der Waals surface area contributed by atoms with Gasteiger partial charge in [-0.2, -0.15) is 0 Å². The van der Waals surface area contributed by atoms with Crippen molar-refractivity contribution in [2.75, 3.05) is 6.61 Å². The van der Waals surface area contributed by atoms with Crippen LogP contribution in [-0.4, -0.2) is 12.6 Å². The summed E-state index contributed by atoms with van der Waals surface area (Å²) in [6.45, 7) is 4.07. The lowest BCUT2D eigenvalue weighted by molar-refractivity contribution is -0.138. The number of hydrogen-bond acceptors (Lipinski definition) is 3. The quantitative estimate of drug-likeness (QED) is 0.568. The second-order valence-corrected chi connectivity index (χ2v) is 3.94.